The minimum absolute atomic E-state index is 0.0979. The van der Waals surface area contributed by atoms with Crippen molar-refractivity contribution in [2.75, 3.05) is 6.61 Å². The van der Waals surface area contributed by atoms with E-state index in [-0.39, 0.29) is 23.4 Å². The molecule has 2 unspecified atom stereocenters. The van der Waals surface area contributed by atoms with Crippen LogP contribution in [0.15, 0.2) is 24.3 Å². The Kier molecular flexibility index (Phi) is 5.26. The summed E-state index contributed by atoms with van der Waals surface area (Å²) in [4.78, 5) is 0. The van der Waals surface area contributed by atoms with Gasteiger partial charge in [0, 0.05) is 6.61 Å². The van der Waals surface area contributed by atoms with Crippen molar-refractivity contribution >= 4 is 0 Å². The van der Waals surface area contributed by atoms with Gasteiger partial charge in [-0.15, -0.1) is 0 Å². The van der Waals surface area contributed by atoms with Crippen molar-refractivity contribution in [2.45, 2.75) is 39.8 Å². The molecular formula is C14H23FN2O. The topological polar surface area (TPSA) is 47.3 Å². The van der Waals surface area contributed by atoms with Gasteiger partial charge in [0.25, 0.3) is 0 Å². The van der Waals surface area contributed by atoms with Crippen LogP contribution in [0.3, 0.4) is 0 Å². The van der Waals surface area contributed by atoms with E-state index in [9.17, 15) is 4.39 Å². The Balaban J connectivity index is 3.06. The van der Waals surface area contributed by atoms with E-state index in [1.54, 1.807) is 6.07 Å². The molecule has 0 aromatic heterocycles. The van der Waals surface area contributed by atoms with Crippen LogP contribution >= 0.6 is 0 Å². The number of halogens is 1. The summed E-state index contributed by atoms with van der Waals surface area (Å²) in [5.41, 5.74) is 3.44. The van der Waals surface area contributed by atoms with Crippen LogP contribution in [0.1, 0.15) is 39.3 Å². The van der Waals surface area contributed by atoms with Crippen LogP contribution in [0.5, 0.6) is 0 Å². The molecular weight excluding hydrogens is 231 g/mol. The number of rotatable bonds is 5. The van der Waals surface area contributed by atoms with Gasteiger partial charge in [-0.05, 0) is 30.0 Å². The first-order valence-electron chi connectivity index (χ1n) is 6.23. The number of nitrogens with one attached hydrogen (secondary N) is 1. The Morgan fingerprint density at radius 2 is 2.06 bits per heavy atom. The normalized spacial score (nSPS) is 15.4. The van der Waals surface area contributed by atoms with Crippen molar-refractivity contribution < 1.29 is 9.13 Å². The van der Waals surface area contributed by atoms with E-state index in [4.69, 9.17) is 10.6 Å². The third-order valence-corrected chi connectivity index (χ3v) is 2.89. The van der Waals surface area contributed by atoms with Gasteiger partial charge in [0.2, 0.25) is 0 Å². The van der Waals surface area contributed by atoms with E-state index in [1.807, 2.05) is 13.0 Å². The standard InChI is InChI=1S/C14H23FN2O/c1-5-18-13(14(2,3)4)12(17-16)10-7-6-8-11(15)9-10/h6-9,12-13,17H,5,16H2,1-4H3. The maximum atomic E-state index is 13.3. The van der Waals surface area contributed by atoms with Crippen LogP contribution in [0.25, 0.3) is 0 Å². The number of hydrogen-bond donors (Lipinski definition) is 2. The Bertz CT molecular complexity index is 376. The fourth-order valence-corrected chi connectivity index (χ4v) is 2.08. The van der Waals surface area contributed by atoms with Gasteiger partial charge < -0.3 is 4.74 Å². The van der Waals surface area contributed by atoms with Crippen LogP contribution in [0, 0.1) is 11.2 Å². The monoisotopic (exact) mass is 254 g/mol. The minimum Gasteiger partial charge on any atom is -0.376 e. The molecule has 0 aliphatic rings. The average molecular weight is 254 g/mol. The first-order valence-corrected chi connectivity index (χ1v) is 6.23. The maximum absolute atomic E-state index is 13.3. The molecule has 0 saturated carbocycles. The summed E-state index contributed by atoms with van der Waals surface area (Å²) < 4.78 is 19.1. The molecule has 0 fully saturated rings. The van der Waals surface area contributed by atoms with E-state index in [0.29, 0.717) is 6.61 Å². The van der Waals surface area contributed by atoms with Crippen LogP contribution in [0.4, 0.5) is 4.39 Å². The van der Waals surface area contributed by atoms with E-state index >= 15 is 0 Å². The van der Waals surface area contributed by atoms with Gasteiger partial charge >= 0.3 is 0 Å². The SMILES string of the molecule is CCOC(C(NN)c1cccc(F)c1)C(C)(C)C. The molecule has 0 aliphatic heterocycles. The van der Waals surface area contributed by atoms with E-state index in [1.165, 1.54) is 12.1 Å². The average Bonchev–Trinajstić information content (AvgIpc) is 2.28. The Morgan fingerprint density at radius 1 is 1.39 bits per heavy atom. The molecule has 0 radical (unpaired) electrons. The maximum Gasteiger partial charge on any atom is 0.123 e. The molecule has 3 nitrogen and oxygen atoms in total. The zero-order chi connectivity index (χ0) is 13.8. The molecule has 4 heteroatoms. The zero-order valence-electron chi connectivity index (χ0n) is 11.5. The van der Waals surface area contributed by atoms with Crippen LogP contribution in [-0.2, 0) is 4.74 Å². The predicted molar refractivity (Wildman–Crippen MR) is 71.3 cm³/mol. The fraction of sp³-hybridized carbons (Fsp3) is 0.571. The molecule has 0 amide bonds. The molecule has 0 bridgehead atoms. The lowest BCUT2D eigenvalue weighted by atomic mass is 9.82. The van der Waals surface area contributed by atoms with E-state index < -0.39 is 0 Å². The molecule has 2 atom stereocenters. The number of benzene rings is 1. The van der Waals surface area contributed by atoms with Gasteiger partial charge in [-0.3, -0.25) is 11.3 Å². The van der Waals surface area contributed by atoms with Gasteiger partial charge in [0.15, 0.2) is 0 Å². The molecule has 0 aliphatic carbocycles. The van der Waals surface area contributed by atoms with Crippen LogP contribution in [0.2, 0.25) is 0 Å². The fourth-order valence-electron chi connectivity index (χ4n) is 2.08. The van der Waals surface area contributed by atoms with Crippen LogP contribution < -0.4 is 11.3 Å². The van der Waals surface area contributed by atoms with Crippen molar-refractivity contribution in [3.63, 3.8) is 0 Å². The largest absolute Gasteiger partial charge is 0.376 e. The first kappa shape index (κ1) is 15.1. The number of hydrogen-bond acceptors (Lipinski definition) is 3. The summed E-state index contributed by atoms with van der Waals surface area (Å²) in [6.07, 6.45) is -0.130. The second-order valence-electron chi connectivity index (χ2n) is 5.44. The first-order chi connectivity index (χ1) is 8.40. The molecule has 1 aromatic carbocycles. The van der Waals surface area contributed by atoms with Crippen LogP contribution in [-0.4, -0.2) is 12.7 Å². The summed E-state index contributed by atoms with van der Waals surface area (Å²) >= 11 is 0. The lowest BCUT2D eigenvalue weighted by Gasteiger charge is -2.36. The molecule has 18 heavy (non-hydrogen) atoms. The molecule has 3 N–H and O–H groups in total. The Hall–Kier alpha value is -0.970. The lowest BCUT2D eigenvalue weighted by molar-refractivity contribution is -0.0367. The summed E-state index contributed by atoms with van der Waals surface area (Å²) in [6.45, 7) is 8.78. The molecule has 0 saturated heterocycles. The van der Waals surface area contributed by atoms with Gasteiger partial charge in [-0.1, -0.05) is 32.9 Å². The second kappa shape index (κ2) is 6.27. The molecule has 1 rings (SSSR count). The van der Waals surface area contributed by atoms with Gasteiger partial charge in [-0.2, -0.15) is 0 Å². The summed E-state index contributed by atoms with van der Waals surface area (Å²) in [5, 5.41) is 0. The minimum atomic E-state index is -0.267. The van der Waals surface area contributed by atoms with Gasteiger partial charge in [0.1, 0.15) is 5.82 Å². The molecule has 1 aromatic rings. The van der Waals surface area contributed by atoms with Crippen molar-refractivity contribution in [3.05, 3.63) is 35.6 Å². The summed E-state index contributed by atoms with van der Waals surface area (Å²) in [5.74, 6) is 5.36. The predicted octanol–water partition coefficient (Wildman–Crippen LogP) is 2.78. The molecule has 102 valence electrons. The second-order valence-corrected chi connectivity index (χ2v) is 5.44. The highest BCUT2D eigenvalue weighted by atomic mass is 19.1. The van der Waals surface area contributed by atoms with Gasteiger partial charge in [-0.25, -0.2) is 4.39 Å². The Labute approximate surface area is 108 Å². The van der Waals surface area contributed by atoms with Crippen molar-refractivity contribution in [1.29, 1.82) is 0 Å². The highest BCUT2D eigenvalue weighted by Crippen LogP contribution is 2.32. The van der Waals surface area contributed by atoms with Crippen molar-refractivity contribution in [3.8, 4) is 0 Å². The lowest BCUT2D eigenvalue weighted by Crippen LogP contribution is -2.44. The summed E-state index contributed by atoms with van der Waals surface area (Å²) in [6, 6.07) is 6.21. The Morgan fingerprint density at radius 3 is 2.50 bits per heavy atom. The van der Waals surface area contributed by atoms with E-state index in [2.05, 4.69) is 26.2 Å². The molecule has 0 spiro atoms. The highest BCUT2D eigenvalue weighted by Gasteiger charge is 2.33. The quantitative estimate of drug-likeness (QED) is 0.627. The zero-order valence-corrected chi connectivity index (χ0v) is 11.5. The number of hydrazine groups is 1. The molecule has 0 heterocycles. The van der Waals surface area contributed by atoms with Crippen molar-refractivity contribution in [2.24, 2.45) is 11.3 Å². The highest BCUT2D eigenvalue weighted by molar-refractivity contribution is 5.21. The smallest absolute Gasteiger partial charge is 0.123 e. The third kappa shape index (κ3) is 3.77. The van der Waals surface area contributed by atoms with Crippen molar-refractivity contribution in [1.82, 2.24) is 5.43 Å². The number of nitrogens with two attached hydrogens (primary N) is 1. The van der Waals surface area contributed by atoms with E-state index in [0.717, 1.165) is 5.56 Å². The van der Waals surface area contributed by atoms with Gasteiger partial charge in [0.05, 0.1) is 12.1 Å². The summed E-state index contributed by atoms with van der Waals surface area (Å²) in [7, 11) is 0. The number of ether oxygens (including phenoxy) is 1. The third-order valence-electron chi connectivity index (χ3n) is 2.89.